The lowest BCUT2D eigenvalue weighted by Crippen LogP contribution is -2.47. The normalized spacial score (nSPS) is 11.9. The Kier molecular flexibility index (Phi) is 5.36. The number of aromatic amines is 2. The van der Waals surface area contributed by atoms with E-state index in [1.807, 2.05) is 37.3 Å². The summed E-state index contributed by atoms with van der Waals surface area (Å²) in [4.78, 5) is 47.7. The number of nitrogens with one attached hydrogen (secondary N) is 3. The number of hydrogen-bond donors (Lipinski definition) is 4. The molecule has 0 saturated carbocycles. The molecular formula is C23H21N5O3. The predicted molar refractivity (Wildman–Crippen MR) is 116 cm³/mol. The van der Waals surface area contributed by atoms with E-state index in [9.17, 15) is 14.4 Å². The van der Waals surface area contributed by atoms with Crippen LogP contribution in [0.25, 0.3) is 22.2 Å². The quantitative estimate of drug-likeness (QED) is 0.345. The summed E-state index contributed by atoms with van der Waals surface area (Å²) in [5.74, 6) is -2.45. The molecule has 0 bridgehead atoms. The van der Waals surface area contributed by atoms with E-state index in [-0.39, 0.29) is 6.42 Å². The zero-order valence-electron chi connectivity index (χ0n) is 16.8. The Morgan fingerprint density at radius 2 is 1.84 bits per heavy atom. The van der Waals surface area contributed by atoms with Crippen molar-refractivity contribution in [2.45, 2.75) is 19.4 Å². The second-order valence-electron chi connectivity index (χ2n) is 7.24. The van der Waals surface area contributed by atoms with E-state index in [4.69, 9.17) is 5.73 Å². The van der Waals surface area contributed by atoms with Crippen molar-refractivity contribution in [2.75, 3.05) is 0 Å². The van der Waals surface area contributed by atoms with Crippen LogP contribution >= 0.6 is 0 Å². The third-order valence-corrected chi connectivity index (χ3v) is 5.21. The topological polar surface area (TPSA) is 134 Å². The van der Waals surface area contributed by atoms with E-state index in [0.717, 1.165) is 22.2 Å². The number of pyridine rings is 1. The number of carbonyl (C=O) groups is 3. The molecule has 8 heteroatoms. The van der Waals surface area contributed by atoms with Gasteiger partial charge in [-0.2, -0.15) is 0 Å². The average molecular weight is 415 g/mol. The molecule has 1 aromatic carbocycles. The number of Topliss-reactive ketones (excluding diaryl/α,β-unsaturated/α-hetero) is 1. The third-order valence-electron chi connectivity index (χ3n) is 5.21. The van der Waals surface area contributed by atoms with E-state index in [2.05, 4.69) is 20.3 Å². The fourth-order valence-electron chi connectivity index (χ4n) is 3.68. The van der Waals surface area contributed by atoms with E-state index in [1.165, 1.54) is 0 Å². The molecule has 156 valence electrons. The molecule has 4 aromatic rings. The van der Waals surface area contributed by atoms with Gasteiger partial charge in [0.15, 0.2) is 0 Å². The number of H-pyrrole nitrogens is 2. The molecule has 5 N–H and O–H groups in total. The van der Waals surface area contributed by atoms with E-state index in [1.54, 1.807) is 30.7 Å². The number of hydrogen-bond acceptors (Lipinski definition) is 4. The number of ketones is 1. The fourth-order valence-corrected chi connectivity index (χ4v) is 3.68. The van der Waals surface area contributed by atoms with Crippen LogP contribution in [-0.2, 0) is 16.0 Å². The number of amides is 2. The van der Waals surface area contributed by atoms with Gasteiger partial charge >= 0.3 is 0 Å². The number of rotatable bonds is 7. The van der Waals surface area contributed by atoms with Crippen molar-refractivity contribution >= 4 is 28.5 Å². The summed E-state index contributed by atoms with van der Waals surface area (Å²) in [6.07, 6.45) is 5.09. The van der Waals surface area contributed by atoms with Gasteiger partial charge in [0.05, 0.1) is 11.3 Å². The van der Waals surface area contributed by atoms with Gasteiger partial charge in [-0.1, -0.05) is 24.3 Å². The number of benzene rings is 1. The summed E-state index contributed by atoms with van der Waals surface area (Å²) >= 11 is 0. The molecule has 0 aliphatic rings. The summed E-state index contributed by atoms with van der Waals surface area (Å²) in [7, 11) is 0. The van der Waals surface area contributed by atoms with Gasteiger partial charge < -0.3 is 21.0 Å². The van der Waals surface area contributed by atoms with Crippen LogP contribution in [0.3, 0.4) is 0 Å². The summed E-state index contributed by atoms with van der Waals surface area (Å²) in [6.45, 7) is 1.83. The summed E-state index contributed by atoms with van der Waals surface area (Å²) in [5.41, 5.74) is 9.30. The van der Waals surface area contributed by atoms with E-state index in [0.29, 0.717) is 16.8 Å². The number of fused-ring (bicyclic) bond motifs is 1. The molecule has 2 amide bonds. The van der Waals surface area contributed by atoms with Crippen LogP contribution < -0.4 is 11.1 Å². The van der Waals surface area contributed by atoms with Gasteiger partial charge in [-0.3, -0.25) is 19.4 Å². The van der Waals surface area contributed by atoms with Crippen molar-refractivity contribution in [3.05, 3.63) is 77.9 Å². The Labute approximate surface area is 177 Å². The Balaban J connectivity index is 1.65. The van der Waals surface area contributed by atoms with Gasteiger partial charge in [0.1, 0.15) is 6.04 Å². The number of aromatic nitrogens is 3. The van der Waals surface area contributed by atoms with Gasteiger partial charge in [-0.15, -0.1) is 0 Å². The molecule has 3 aromatic heterocycles. The lowest BCUT2D eigenvalue weighted by molar-refractivity contribution is -0.137. The minimum absolute atomic E-state index is 0.125. The van der Waals surface area contributed by atoms with E-state index >= 15 is 0 Å². The highest BCUT2D eigenvalue weighted by Crippen LogP contribution is 2.26. The highest BCUT2D eigenvalue weighted by atomic mass is 16.2. The molecule has 8 nitrogen and oxygen atoms in total. The molecule has 0 spiro atoms. The first-order valence-corrected chi connectivity index (χ1v) is 9.74. The number of nitrogens with two attached hydrogens (primary N) is 1. The number of nitrogens with zero attached hydrogens (tertiary/aromatic N) is 1. The lowest BCUT2D eigenvalue weighted by Gasteiger charge is -2.16. The lowest BCUT2D eigenvalue weighted by atomic mass is 10.00. The van der Waals surface area contributed by atoms with Gasteiger partial charge in [0, 0.05) is 47.2 Å². The molecule has 31 heavy (non-hydrogen) atoms. The van der Waals surface area contributed by atoms with Crippen molar-refractivity contribution in [3.63, 3.8) is 0 Å². The number of aryl methyl sites for hydroxylation is 1. The average Bonchev–Trinajstić information content (AvgIpc) is 3.37. The number of primary amides is 1. The van der Waals surface area contributed by atoms with Crippen LogP contribution in [0.15, 0.2) is 61.1 Å². The van der Waals surface area contributed by atoms with Crippen molar-refractivity contribution in [3.8, 4) is 11.3 Å². The van der Waals surface area contributed by atoms with Gasteiger partial charge in [0.2, 0.25) is 5.78 Å². The molecule has 3 heterocycles. The number of carbonyl (C=O) groups excluding carboxylic acids is 3. The van der Waals surface area contributed by atoms with Crippen LogP contribution in [0.5, 0.6) is 0 Å². The number of para-hydroxylation sites is 1. The highest BCUT2D eigenvalue weighted by Gasteiger charge is 2.28. The standard InChI is InChI=1S/C23H21N5O3/c1-13-20(18-8-4-5-9-25-18)16(12-26-13)23(31)28-19(21(29)22(24)30)10-14-11-27-17-7-3-2-6-15(14)17/h2-9,11-12,19,26-27H,10H2,1H3,(H2,24,30)(H,28,31). The smallest absolute Gasteiger partial charge is 0.287 e. The molecule has 1 unspecified atom stereocenters. The van der Waals surface area contributed by atoms with Gasteiger partial charge in [-0.25, -0.2) is 0 Å². The zero-order chi connectivity index (χ0) is 22.0. The first-order valence-electron chi connectivity index (χ1n) is 9.74. The Hall–Kier alpha value is -4.20. The second-order valence-corrected chi connectivity index (χ2v) is 7.24. The van der Waals surface area contributed by atoms with Crippen LogP contribution in [-0.4, -0.2) is 38.6 Å². The monoisotopic (exact) mass is 415 g/mol. The molecule has 0 aliphatic carbocycles. The van der Waals surface area contributed by atoms with Crippen molar-refractivity contribution in [2.24, 2.45) is 5.73 Å². The highest BCUT2D eigenvalue weighted by molar-refractivity contribution is 6.38. The first-order chi connectivity index (χ1) is 15.0. The van der Waals surface area contributed by atoms with Crippen LogP contribution in [0, 0.1) is 6.92 Å². The summed E-state index contributed by atoms with van der Waals surface area (Å²) in [5, 5.41) is 3.60. The molecule has 0 aliphatic heterocycles. The minimum Gasteiger partial charge on any atom is -0.364 e. The Bertz CT molecular complexity index is 1270. The summed E-state index contributed by atoms with van der Waals surface area (Å²) in [6, 6.07) is 11.9. The van der Waals surface area contributed by atoms with E-state index < -0.39 is 23.6 Å². The van der Waals surface area contributed by atoms with Crippen LogP contribution in [0.2, 0.25) is 0 Å². The van der Waals surface area contributed by atoms with Crippen molar-refractivity contribution in [1.29, 1.82) is 0 Å². The third kappa shape index (κ3) is 3.95. The maximum Gasteiger partial charge on any atom is 0.287 e. The molecule has 0 radical (unpaired) electrons. The minimum atomic E-state index is -1.10. The van der Waals surface area contributed by atoms with Gasteiger partial charge in [0.25, 0.3) is 11.8 Å². The molecular weight excluding hydrogens is 394 g/mol. The SMILES string of the molecule is Cc1[nH]cc(C(=O)NC(Cc2c[nH]c3ccccc23)C(=O)C(N)=O)c1-c1ccccn1. The van der Waals surface area contributed by atoms with Gasteiger partial charge in [-0.05, 0) is 30.7 Å². The van der Waals surface area contributed by atoms with Crippen LogP contribution in [0.4, 0.5) is 0 Å². The van der Waals surface area contributed by atoms with Crippen LogP contribution in [0.1, 0.15) is 21.6 Å². The Morgan fingerprint density at radius 1 is 1.06 bits per heavy atom. The molecule has 0 fully saturated rings. The van der Waals surface area contributed by atoms with Crippen molar-refractivity contribution in [1.82, 2.24) is 20.3 Å². The fraction of sp³-hybridized carbons (Fsp3) is 0.130. The first kappa shape index (κ1) is 20.1. The molecule has 0 saturated heterocycles. The maximum absolute atomic E-state index is 13.1. The maximum atomic E-state index is 13.1. The molecule has 4 rings (SSSR count). The molecule has 1 atom stereocenters. The Morgan fingerprint density at radius 3 is 2.58 bits per heavy atom. The largest absolute Gasteiger partial charge is 0.364 e. The second kappa shape index (κ2) is 8.27. The predicted octanol–water partition coefficient (Wildman–Crippen LogP) is 2.26. The zero-order valence-corrected chi connectivity index (χ0v) is 16.8. The van der Waals surface area contributed by atoms with Crippen molar-refractivity contribution < 1.29 is 14.4 Å². The summed E-state index contributed by atoms with van der Waals surface area (Å²) < 4.78 is 0.